The van der Waals surface area contributed by atoms with Gasteiger partial charge in [0, 0.05) is 19.6 Å². The van der Waals surface area contributed by atoms with E-state index in [0.717, 1.165) is 37.1 Å². The molecule has 0 aliphatic rings. The molecule has 0 unspecified atom stereocenters. The first kappa shape index (κ1) is 22.0. The largest absolute Gasteiger partial charge is 0.330 e. The predicted molar refractivity (Wildman–Crippen MR) is 116 cm³/mol. The van der Waals surface area contributed by atoms with Crippen molar-refractivity contribution in [1.82, 2.24) is 24.0 Å². The Hall–Kier alpha value is -2.74. The van der Waals surface area contributed by atoms with Crippen LogP contribution in [0.15, 0.2) is 33.9 Å². The zero-order valence-corrected chi connectivity index (χ0v) is 17.9. The van der Waals surface area contributed by atoms with E-state index in [0.29, 0.717) is 37.3 Å². The van der Waals surface area contributed by atoms with Crippen molar-refractivity contribution >= 4 is 11.2 Å². The minimum Gasteiger partial charge on any atom is -0.321 e. The number of fused-ring (bicyclic) bond motifs is 1. The summed E-state index contributed by atoms with van der Waals surface area (Å²) in [5.41, 5.74) is 1.11. The van der Waals surface area contributed by atoms with Crippen LogP contribution < -0.4 is 11.2 Å². The molecule has 0 amide bonds. The first-order chi connectivity index (χ1) is 14.4. The molecule has 3 rings (SSSR count). The van der Waals surface area contributed by atoms with Crippen molar-refractivity contribution in [2.24, 2.45) is 0 Å². The first-order valence-electron chi connectivity index (χ1n) is 10.6. The number of benzene rings is 1. The van der Waals surface area contributed by atoms with E-state index in [1.807, 2.05) is 11.6 Å². The highest BCUT2D eigenvalue weighted by Gasteiger charge is 2.19. The maximum Gasteiger partial charge on any atom is 0.330 e. The first-order valence-corrected chi connectivity index (χ1v) is 10.6. The number of halogens is 1. The van der Waals surface area contributed by atoms with E-state index in [1.54, 1.807) is 16.7 Å². The Balaban J connectivity index is 1.99. The molecule has 0 aliphatic heterocycles. The smallest absolute Gasteiger partial charge is 0.321 e. The summed E-state index contributed by atoms with van der Waals surface area (Å²) in [6.07, 6.45) is 3.67. The van der Waals surface area contributed by atoms with Crippen LogP contribution in [0.1, 0.15) is 50.9 Å². The number of aryl methyl sites for hydroxylation is 2. The number of aromatic amines is 1. The average Bonchev–Trinajstić information content (AvgIpc) is 3.06. The fraction of sp³-hybridized carbons (Fsp3) is 0.500. The predicted octanol–water partition coefficient (Wildman–Crippen LogP) is 3.26. The molecule has 7 nitrogen and oxygen atoms in total. The SMILES string of the molecule is CCCCn1c(CN(C)Cc2ccc(F)cc2)nc2c1c(=O)[nH]c(=O)n2CCCC. The Labute approximate surface area is 175 Å². The summed E-state index contributed by atoms with van der Waals surface area (Å²) in [5.74, 6) is 0.497. The van der Waals surface area contributed by atoms with Crippen molar-refractivity contribution in [3.05, 3.63) is 62.3 Å². The molecule has 0 bridgehead atoms. The quantitative estimate of drug-likeness (QED) is 0.551. The van der Waals surface area contributed by atoms with Crippen LogP contribution in [0.25, 0.3) is 11.2 Å². The lowest BCUT2D eigenvalue weighted by Gasteiger charge is -2.17. The van der Waals surface area contributed by atoms with Gasteiger partial charge >= 0.3 is 5.69 Å². The van der Waals surface area contributed by atoms with Gasteiger partial charge in [-0.1, -0.05) is 38.8 Å². The number of nitrogens with one attached hydrogen (secondary N) is 1. The zero-order chi connectivity index (χ0) is 21.7. The third kappa shape index (κ3) is 4.87. The van der Waals surface area contributed by atoms with Gasteiger partial charge in [-0.05, 0) is 37.6 Å². The van der Waals surface area contributed by atoms with Gasteiger partial charge < -0.3 is 4.57 Å². The third-order valence-corrected chi connectivity index (χ3v) is 5.21. The van der Waals surface area contributed by atoms with Crippen molar-refractivity contribution in [2.45, 2.75) is 65.7 Å². The number of unbranched alkanes of at least 4 members (excludes halogenated alkanes) is 2. The molecule has 2 aromatic heterocycles. The van der Waals surface area contributed by atoms with E-state index in [-0.39, 0.29) is 5.82 Å². The summed E-state index contributed by atoms with van der Waals surface area (Å²) in [5, 5.41) is 0. The van der Waals surface area contributed by atoms with Crippen LogP contribution in [0.2, 0.25) is 0 Å². The Kier molecular flexibility index (Phi) is 7.20. The summed E-state index contributed by atoms with van der Waals surface area (Å²) in [6, 6.07) is 6.43. The Morgan fingerprint density at radius 2 is 1.63 bits per heavy atom. The fourth-order valence-corrected chi connectivity index (χ4v) is 3.62. The second-order valence-corrected chi connectivity index (χ2v) is 7.77. The van der Waals surface area contributed by atoms with Crippen LogP contribution in [0.5, 0.6) is 0 Å². The van der Waals surface area contributed by atoms with Crippen molar-refractivity contribution < 1.29 is 4.39 Å². The number of hydrogen-bond donors (Lipinski definition) is 1. The Morgan fingerprint density at radius 1 is 1.00 bits per heavy atom. The molecule has 0 fully saturated rings. The van der Waals surface area contributed by atoms with Gasteiger partial charge in [-0.25, -0.2) is 14.2 Å². The van der Waals surface area contributed by atoms with Crippen molar-refractivity contribution in [3.63, 3.8) is 0 Å². The molecule has 3 aromatic rings. The maximum absolute atomic E-state index is 13.2. The van der Waals surface area contributed by atoms with Crippen molar-refractivity contribution in [2.75, 3.05) is 7.05 Å². The molecule has 162 valence electrons. The van der Waals surface area contributed by atoms with Crippen LogP contribution in [-0.2, 0) is 26.2 Å². The van der Waals surface area contributed by atoms with Gasteiger partial charge in [0.05, 0.1) is 6.54 Å². The maximum atomic E-state index is 13.2. The van der Waals surface area contributed by atoms with Crippen LogP contribution in [0.4, 0.5) is 4.39 Å². The number of imidazole rings is 1. The van der Waals surface area contributed by atoms with Crippen LogP contribution in [0.3, 0.4) is 0 Å². The monoisotopic (exact) mass is 415 g/mol. The molecule has 8 heteroatoms. The van der Waals surface area contributed by atoms with E-state index in [2.05, 4.69) is 23.7 Å². The van der Waals surface area contributed by atoms with E-state index in [9.17, 15) is 14.0 Å². The molecule has 30 heavy (non-hydrogen) atoms. The molecule has 0 spiro atoms. The summed E-state index contributed by atoms with van der Waals surface area (Å²) in [6.45, 7) is 6.48. The van der Waals surface area contributed by atoms with Gasteiger partial charge in [0.25, 0.3) is 5.56 Å². The zero-order valence-electron chi connectivity index (χ0n) is 17.9. The third-order valence-electron chi connectivity index (χ3n) is 5.21. The lowest BCUT2D eigenvalue weighted by Crippen LogP contribution is -2.31. The lowest BCUT2D eigenvalue weighted by molar-refractivity contribution is 0.305. The Bertz CT molecular complexity index is 1100. The van der Waals surface area contributed by atoms with Gasteiger partial charge in [0.15, 0.2) is 11.2 Å². The second kappa shape index (κ2) is 9.84. The highest BCUT2D eigenvalue weighted by atomic mass is 19.1. The highest BCUT2D eigenvalue weighted by molar-refractivity contribution is 5.71. The molecule has 0 saturated heterocycles. The molecule has 0 aliphatic carbocycles. The second-order valence-electron chi connectivity index (χ2n) is 7.77. The summed E-state index contributed by atoms with van der Waals surface area (Å²) >= 11 is 0. The molecule has 2 heterocycles. The van der Waals surface area contributed by atoms with Crippen molar-refractivity contribution in [3.8, 4) is 0 Å². The molecule has 0 atom stereocenters. The standard InChI is InChI=1S/C22H30FN5O2/c1-4-6-12-27-18(15-26(3)14-16-8-10-17(23)11-9-16)24-20-19(27)21(29)25-22(30)28(20)13-7-5-2/h8-11H,4-7,12-15H2,1-3H3,(H,25,29,30). The summed E-state index contributed by atoms with van der Waals surface area (Å²) in [7, 11) is 1.96. The van der Waals surface area contributed by atoms with Crippen LogP contribution in [-0.4, -0.2) is 31.0 Å². The number of aromatic nitrogens is 4. The van der Waals surface area contributed by atoms with E-state index >= 15 is 0 Å². The number of hydrogen-bond acceptors (Lipinski definition) is 4. The van der Waals surface area contributed by atoms with Gasteiger partial charge in [-0.15, -0.1) is 0 Å². The fourth-order valence-electron chi connectivity index (χ4n) is 3.62. The number of nitrogens with zero attached hydrogens (tertiary/aromatic N) is 4. The molecular weight excluding hydrogens is 385 g/mol. The topological polar surface area (TPSA) is 75.9 Å². The van der Waals surface area contributed by atoms with Gasteiger partial charge in [-0.2, -0.15) is 0 Å². The minimum atomic E-state index is -0.410. The van der Waals surface area contributed by atoms with Gasteiger partial charge in [-0.3, -0.25) is 19.2 Å². The van der Waals surface area contributed by atoms with E-state index in [4.69, 9.17) is 4.98 Å². The summed E-state index contributed by atoms with van der Waals surface area (Å²) in [4.78, 5) is 34.3. The average molecular weight is 416 g/mol. The number of rotatable bonds is 10. The molecule has 1 N–H and O–H groups in total. The van der Waals surface area contributed by atoms with E-state index in [1.165, 1.54) is 12.1 Å². The molecular formula is C22H30FN5O2. The summed E-state index contributed by atoms with van der Waals surface area (Å²) < 4.78 is 16.7. The number of H-pyrrole nitrogens is 1. The van der Waals surface area contributed by atoms with Gasteiger partial charge in [0.2, 0.25) is 0 Å². The highest BCUT2D eigenvalue weighted by Crippen LogP contribution is 2.16. The van der Waals surface area contributed by atoms with Crippen molar-refractivity contribution in [1.29, 1.82) is 0 Å². The Morgan fingerprint density at radius 3 is 2.27 bits per heavy atom. The minimum absolute atomic E-state index is 0.257. The van der Waals surface area contributed by atoms with Gasteiger partial charge in [0.1, 0.15) is 11.6 Å². The van der Waals surface area contributed by atoms with E-state index < -0.39 is 11.2 Å². The van der Waals surface area contributed by atoms with Crippen LogP contribution >= 0.6 is 0 Å². The van der Waals surface area contributed by atoms with Crippen LogP contribution in [0, 0.1) is 5.82 Å². The lowest BCUT2D eigenvalue weighted by atomic mass is 10.2. The molecule has 0 saturated carbocycles. The normalized spacial score (nSPS) is 11.6. The molecule has 0 radical (unpaired) electrons. The molecule has 1 aromatic carbocycles.